The van der Waals surface area contributed by atoms with Crippen molar-refractivity contribution in [3.63, 3.8) is 0 Å². The molecule has 3 unspecified atom stereocenters. The summed E-state index contributed by atoms with van der Waals surface area (Å²) >= 11 is 0. The van der Waals surface area contributed by atoms with Crippen LogP contribution in [0.5, 0.6) is 0 Å². The average molecular weight is 289 g/mol. The molecule has 1 saturated carbocycles. The standard InChI is InChI=1S/C18H31N3/c1-14(2)15-7-8-18(19)16(12-15)13-21(3)11-9-17-6-4-5-10-20-17/h4-6,10,14-16,18H,7-9,11-13,19H2,1-3H3. The molecule has 1 aliphatic rings. The van der Waals surface area contributed by atoms with Gasteiger partial charge in [-0.3, -0.25) is 4.98 Å². The van der Waals surface area contributed by atoms with Gasteiger partial charge in [0.25, 0.3) is 0 Å². The maximum absolute atomic E-state index is 6.36. The number of hydrogen-bond acceptors (Lipinski definition) is 3. The minimum Gasteiger partial charge on any atom is -0.327 e. The molecule has 1 aromatic heterocycles. The molecule has 2 N–H and O–H groups in total. The lowest BCUT2D eigenvalue weighted by atomic mass is 9.74. The van der Waals surface area contributed by atoms with Gasteiger partial charge in [-0.15, -0.1) is 0 Å². The monoisotopic (exact) mass is 289 g/mol. The van der Waals surface area contributed by atoms with E-state index in [1.54, 1.807) is 0 Å². The highest BCUT2D eigenvalue weighted by Crippen LogP contribution is 2.33. The first-order valence-electron chi connectivity index (χ1n) is 8.40. The number of nitrogens with two attached hydrogens (primary N) is 1. The first kappa shape index (κ1) is 16.4. The topological polar surface area (TPSA) is 42.1 Å². The van der Waals surface area contributed by atoms with Crippen LogP contribution in [0.15, 0.2) is 24.4 Å². The van der Waals surface area contributed by atoms with Crippen molar-refractivity contribution in [1.29, 1.82) is 0 Å². The quantitative estimate of drug-likeness (QED) is 0.875. The van der Waals surface area contributed by atoms with Gasteiger partial charge in [-0.05, 0) is 56.2 Å². The van der Waals surface area contributed by atoms with Crippen LogP contribution in [-0.2, 0) is 6.42 Å². The van der Waals surface area contributed by atoms with Crippen LogP contribution in [-0.4, -0.2) is 36.1 Å². The van der Waals surface area contributed by atoms with Crippen molar-refractivity contribution < 1.29 is 0 Å². The fourth-order valence-corrected chi connectivity index (χ4v) is 3.48. The van der Waals surface area contributed by atoms with Crippen molar-refractivity contribution in [2.75, 3.05) is 20.1 Å². The second-order valence-electron chi connectivity index (χ2n) is 7.07. The van der Waals surface area contributed by atoms with E-state index in [4.69, 9.17) is 5.73 Å². The Morgan fingerprint density at radius 1 is 1.33 bits per heavy atom. The van der Waals surface area contributed by atoms with Crippen LogP contribution < -0.4 is 5.73 Å². The lowest BCUT2D eigenvalue weighted by Crippen LogP contribution is -2.43. The average Bonchev–Trinajstić information content (AvgIpc) is 2.48. The Morgan fingerprint density at radius 2 is 2.14 bits per heavy atom. The number of hydrogen-bond donors (Lipinski definition) is 1. The smallest absolute Gasteiger partial charge is 0.0416 e. The van der Waals surface area contributed by atoms with Crippen LogP contribution in [0.25, 0.3) is 0 Å². The van der Waals surface area contributed by atoms with Gasteiger partial charge >= 0.3 is 0 Å². The molecule has 3 heteroatoms. The minimum atomic E-state index is 0.386. The summed E-state index contributed by atoms with van der Waals surface area (Å²) in [7, 11) is 2.22. The highest BCUT2D eigenvalue weighted by molar-refractivity contribution is 5.03. The van der Waals surface area contributed by atoms with E-state index in [-0.39, 0.29) is 0 Å². The minimum absolute atomic E-state index is 0.386. The van der Waals surface area contributed by atoms with Crippen molar-refractivity contribution in [2.24, 2.45) is 23.5 Å². The van der Waals surface area contributed by atoms with E-state index < -0.39 is 0 Å². The van der Waals surface area contributed by atoms with Crippen molar-refractivity contribution in [3.05, 3.63) is 30.1 Å². The van der Waals surface area contributed by atoms with Gasteiger partial charge in [-0.25, -0.2) is 0 Å². The Hall–Kier alpha value is -0.930. The highest BCUT2D eigenvalue weighted by Gasteiger charge is 2.30. The van der Waals surface area contributed by atoms with Gasteiger partial charge in [0.15, 0.2) is 0 Å². The van der Waals surface area contributed by atoms with Gasteiger partial charge < -0.3 is 10.6 Å². The molecule has 0 aromatic carbocycles. The van der Waals surface area contributed by atoms with E-state index in [1.165, 1.54) is 25.0 Å². The number of rotatable bonds is 6. The summed E-state index contributed by atoms with van der Waals surface area (Å²) < 4.78 is 0. The molecule has 0 bridgehead atoms. The second-order valence-corrected chi connectivity index (χ2v) is 7.07. The van der Waals surface area contributed by atoms with Crippen LogP contribution in [0, 0.1) is 17.8 Å². The molecule has 1 aromatic rings. The van der Waals surface area contributed by atoms with Gasteiger partial charge in [0.05, 0.1) is 0 Å². The third-order valence-electron chi connectivity index (χ3n) is 5.05. The molecule has 0 radical (unpaired) electrons. The van der Waals surface area contributed by atoms with Crippen LogP contribution >= 0.6 is 0 Å². The Bertz CT molecular complexity index is 404. The zero-order valence-corrected chi connectivity index (χ0v) is 13.8. The van der Waals surface area contributed by atoms with E-state index >= 15 is 0 Å². The molecule has 0 saturated heterocycles. The second kappa shape index (κ2) is 7.90. The molecule has 1 fully saturated rings. The molecule has 118 valence electrons. The summed E-state index contributed by atoms with van der Waals surface area (Å²) in [6, 6.07) is 6.53. The van der Waals surface area contributed by atoms with Gasteiger partial charge in [0.2, 0.25) is 0 Å². The zero-order valence-electron chi connectivity index (χ0n) is 13.8. The molecule has 3 atom stereocenters. The molecule has 1 heterocycles. The lowest BCUT2D eigenvalue weighted by Gasteiger charge is -2.38. The molecule has 0 amide bonds. The summed E-state index contributed by atoms with van der Waals surface area (Å²) in [5.74, 6) is 2.30. The third-order valence-corrected chi connectivity index (χ3v) is 5.05. The Labute approximate surface area is 129 Å². The van der Waals surface area contributed by atoms with Gasteiger partial charge in [-0.1, -0.05) is 19.9 Å². The highest BCUT2D eigenvalue weighted by atomic mass is 15.1. The molecular weight excluding hydrogens is 258 g/mol. The van der Waals surface area contributed by atoms with Crippen molar-refractivity contribution in [3.8, 4) is 0 Å². The number of nitrogens with zero attached hydrogens (tertiary/aromatic N) is 2. The summed E-state index contributed by atoms with van der Waals surface area (Å²) in [5, 5.41) is 0. The van der Waals surface area contributed by atoms with Gasteiger partial charge in [0.1, 0.15) is 0 Å². The maximum atomic E-state index is 6.36. The Morgan fingerprint density at radius 3 is 2.81 bits per heavy atom. The van der Waals surface area contributed by atoms with Crippen molar-refractivity contribution >= 4 is 0 Å². The first-order chi connectivity index (χ1) is 10.1. The summed E-state index contributed by atoms with van der Waals surface area (Å²) in [4.78, 5) is 6.83. The molecule has 3 nitrogen and oxygen atoms in total. The summed E-state index contributed by atoms with van der Waals surface area (Å²) in [6.07, 6.45) is 6.70. The molecule has 0 spiro atoms. The Kier molecular flexibility index (Phi) is 6.19. The summed E-state index contributed by atoms with van der Waals surface area (Å²) in [5.41, 5.74) is 7.54. The third kappa shape index (κ3) is 5.08. The predicted octanol–water partition coefficient (Wildman–Crippen LogP) is 2.96. The van der Waals surface area contributed by atoms with Gasteiger partial charge in [0, 0.05) is 37.4 Å². The van der Waals surface area contributed by atoms with E-state index in [0.29, 0.717) is 12.0 Å². The number of likely N-dealkylation sites (N-methyl/N-ethyl adjacent to an activating group) is 1. The van der Waals surface area contributed by atoms with Crippen molar-refractivity contribution in [1.82, 2.24) is 9.88 Å². The van der Waals surface area contributed by atoms with E-state index in [9.17, 15) is 0 Å². The van der Waals surface area contributed by atoms with E-state index in [1.807, 2.05) is 12.3 Å². The van der Waals surface area contributed by atoms with Crippen LogP contribution in [0.1, 0.15) is 38.8 Å². The normalized spacial score (nSPS) is 26.5. The zero-order chi connectivity index (χ0) is 15.2. The molecule has 0 aliphatic heterocycles. The number of aromatic nitrogens is 1. The first-order valence-corrected chi connectivity index (χ1v) is 8.40. The fraction of sp³-hybridized carbons (Fsp3) is 0.722. The predicted molar refractivity (Wildman–Crippen MR) is 89.1 cm³/mol. The maximum Gasteiger partial charge on any atom is 0.0416 e. The van der Waals surface area contributed by atoms with Crippen LogP contribution in [0.4, 0.5) is 0 Å². The number of pyridine rings is 1. The molecular formula is C18H31N3. The van der Waals surface area contributed by atoms with Gasteiger partial charge in [-0.2, -0.15) is 0 Å². The van der Waals surface area contributed by atoms with Crippen LogP contribution in [0.3, 0.4) is 0 Å². The lowest BCUT2D eigenvalue weighted by molar-refractivity contribution is 0.150. The molecule has 1 aliphatic carbocycles. The Balaban J connectivity index is 1.79. The van der Waals surface area contributed by atoms with Crippen molar-refractivity contribution in [2.45, 2.75) is 45.6 Å². The van der Waals surface area contributed by atoms with E-state index in [0.717, 1.165) is 31.3 Å². The SMILES string of the molecule is CC(C)C1CCC(N)C(CN(C)CCc2ccccn2)C1. The van der Waals surface area contributed by atoms with Crippen LogP contribution in [0.2, 0.25) is 0 Å². The largest absolute Gasteiger partial charge is 0.327 e. The fourth-order valence-electron chi connectivity index (χ4n) is 3.48. The molecule has 21 heavy (non-hydrogen) atoms. The van der Waals surface area contributed by atoms with E-state index in [2.05, 4.69) is 42.9 Å². The molecule has 2 rings (SSSR count). The summed E-state index contributed by atoms with van der Waals surface area (Å²) in [6.45, 7) is 6.89.